The van der Waals surface area contributed by atoms with Crippen LogP contribution in [0.1, 0.15) is 59.8 Å². The fourth-order valence-electron chi connectivity index (χ4n) is 2.28. The van der Waals surface area contributed by atoms with Gasteiger partial charge in [-0.2, -0.15) is 0 Å². The molecule has 0 unspecified atom stereocenters. The van der Waals surface area contributed by atoms with Crippen molar-refractivity contribution in [1.82, 2.24) is 9.80 Å². The molecule has 0 saturated heterocycles. The van der Waals surface area contributed by atoms with Crippen molar-refractivity contribution in [3.63, 3.8) is 0 Å². The number of nitrogens with zero attached hydrogens (tertiary/aromatic N) is 2. The van der Waals surface area contributed by atoms with E-state index in [0.29, 0.717) is 12.3 Å². The summed E-state index contributed by atoms with van der Waals surface area (Å²) in [6.07, 6.45) is 5.13. The first-order valence-electron chi connectivity index (χ1n) is 7.69. The van der Waals surface area contributed by atoms with Crippen molar-refractivity contribution in [2.45, 2.75) is 59.8 Å². The zero-order valence-electron chi connectivity index (χ0n) is 12.9. The predicted molar refractivity (Wildman–Crippen MR) is 78.8 cm³/mol. The van der Waals surface area contributed by atoms with Gasteiger partial charge in [0.1, 0.15) is 0 Å². The van der Waals surface area contributed by atoms with Crippen molar-refractivity contribution in [2.24, 2.45) is 0 Å². The average Bonchev–Trinajstić information content (AvgIpc) is 2.36. The molecule has 0 aliphatic carbocycles. The predicted octanol–water partition coefficient (Wildman–Crippen LogP) is 3.15. The molecule has 108 valence electrons. The van der Waals surface area contributed by atoms with Crippen molar-refractivity contribution in [3.8, 4) is 0 Å². The number of hydrogen-bond acceptors (Lipinski definition) is 2. The molecule has 0 heterocycles. The second-order valence-corrected chi connectivity index (χ2v) is 4.97. The molecule has 0 aliphatic heterocycles. The van der Waals surface area contributed by atoms with E-state index in [0.717, 1.165) is 45.6 Å². The van der Waals surface area contributed by atoms with Crippen LogP contribution in [-0.2, 0) is 4.79 Å². The number of amides is 1. The van der Waals surface area contributed by atoms with E-state index in [2.05, 4.69) is 32.6 Å². The van der Waals surface area contributed by atoms with E-state index in [-0.39, 0.29) is 0 Å². The summed E-state index contributed by atoms with van der Waals surface area (Å²) in [6, 6.07) is 0. The first kappa shape index (κ1) is 17.4. The van der Waals surface area contributed by atoms with Crippen molar-refractivity contribution >= 4 is 5.91 Å². The van der Waals surface area contributed by atoms with Gasteiger partial charge in [-0.25, -0.2) is 0 Å². The maximum atomic E-state index is 12.1. The Kier molecular flexibility index (Phi) is 11.2. The Bertz CT molecular complexity index is 195. The Balaban J connectivity index is 4.08. The Labute approximate surface area is 114 Å². The summed E-state index contributed by atoms with van der Waals surface area (Å²) >= 11 is 0. The van der Waals surface area contributed by atoms with Crippen LogP contribution in [-0.4, -0.2) is 48.4 Å². The van der Waals surface area contributed by atoms with Crippen molar-refractivity contribution in [2.75, 3.05) is 32.7 Å². The molecule has 0 aliphatic rings. The third-order valence-electron chi connectivity index (χ3n) is 3.06. The van der Waals surface area contributed by atoms with Crippen LogP contribution in [0.4, 0.5) is 0 Å². The molecule has 3 nitrogen and oxygen atoms in total. The lowest BCUT2D eigenvalue weighted by molar-refractivity contribution is -0.131. The molecule has 0 saturated carbocycles. The SMILES string of the molecule is CCCN(CCC)CCC(=O)N(CCC)CCC. The minimum absolute atomic E-state index is 0.330. The van der Waals surface area contributed by atoms with E-state index in [4.69, 9.17) is 0 Å². The highest BCUT2D eigenvalue weighted by atomic mass is 16.2. The van der Waals surface area contributed by atoms with Crippen molar-refractivity contribution in [3.05, 3.63) is 0 Å². The molecular weight excluding hydrogens is 224 g/mol. The number of carbonyl (C=O) groups is 1. The van der Waals surface area contributed by atoms with Gasteiger partial charge in [-0.3, -0.25) is 4.79 Å². The number of rotatable bonds is 11. The second kappa shape index (κ2) is 11.5. The summed E-state index contributed by atoms with van der Waals surface area (Å²) in [5.74, 6) is 0.330. The monoisotopic (exact) mass is 256 g/mol. The molecule has 0 N–H and O–H groups in total. The van der Waals surface area contributed by atoms with Gasteiger partial charge in [-0.15, -0.1) is 0 Å². The molecule has 0 aromatic rings. The van der Waals surface area contributed by atoms with Gasteiger partial charge < -0.3 is 9.80 Å². The summed E-state index contributed by atoms with van der Waals surface area (Å²) in [4.78, 5) is 16.6. The lowest BCUT2D eigenvalue weighted by Gasteiger charge is -2.25. The van der Waals surface area contributed by atoms with E-state index in [1.54, 1.807) is 0 Å². The van der Waals surface area contributed by atoms with Crippen LogP contribution in [0.2, 0.25) is 0 Å². The summed E-state index contributed by atoms with van der Waals surface area (Å²) < 4.78 is 0. The van der Waals surface area contributed by atoms with Crippen molar-refractivity contribution < 1.29 is 4.79 Å². The molecule has 0 radical (unpaired) electrons. The van der Waals surface area contributed by atoms with Gasteiger partial charge in [0.2, 0.25) is 5.91 Å². The summed E-state index contributed by atoms with van der Waals surface area (Å²) in [5, 5.41) is 0. The van der Waals surface area contributed by atoms with E-state index in [1.807, 2.05) is 4.90 Å². The average molecular weight is 256 g/mol. The highest BCUT2D eigenvalue weighted by Crippen LogP contribution is 2.02. The fraction of sp³-hybridized carbons (Fsp3) is 0.933. The Morgan fingerprint density at radius 3 is 1.56 bits per heavy atom. The standard InChI is InChI=1S/C15H32N2O/c1-5-10-16(11-6-2)14-9-15(18)17(12-7-3)13-8-4/h5-14H2,1-4H3. The zero-order valence-corrected chi connectivity index (χ0v) is 12.9. The molecule has 0 atom stereocenters. The molecule has 0 bridgehead atoms. The molecular formula is C15H32N2O. The van der Waals surface area contributed by atoms with Gasteiger partial charge in [-0.1, -0.05) is 27.7 Å². The first-order valence-corrected chi connectivity index (χ1v) is 7.69. The summed E-state index contributed by atoms with van der Waals surface area (Å²) in [7, 11) is 0. The summed E-state index contributed by atoms with van der Waals surface area (Å²) in [6.45, 7) is 13.6. The van der Waals surface area contributed by atoms with Gasteiger partial charge in [-0.05, 0) is 38.8 Å². The normalized spacial score (nSPS) is 10.9. The zero-order chi connectivity index (χ0) is 13.8. The number of hydrogen-bond donors (Lipinski definition) is 0. The molecule has 0 aromatic carbocycles. The molecule has 0 rings (SSSR count). The smallest absolute Gasteiger partial charge is 0.223 e. The van der Waals surface area contributed by atoms with Gasteiger partial charge in [0.25, 0.3) is 0 Å². The molecule has 18 heavy (non-hydrogen) atoms. The van der Waals surface area contributed by atoms with E-state index in [9.17, 15) is 4.79 Å². The van der Waals surface area contributed by atoms with Crippen LogP contribution in [0.25, 0.3) is 0 Å². The summed E-state index contributed by atoms with van der Waals surface area (Å²) in [5.41, 5.74) is 0. The van der Waals surface area contributed by atoms with Crippen LogP contribution in [0.5, 0.6) is 0 Å². The third kappa shape index (κ3) is 7.70. The highest BCUT2D eigenvalue weighted by molar-refractivity contribution is 5.76. The second-order valence-electron chi connectivity index (χ2n) is 4.97. The van der Waals surface area contributed by atoms with Crippen LogP contribution in [0.3, 0.4) is 0 Å². The minimum Gasteiger partial charge on any atom is -0.343 e. The van der Waals surface area contributed by atoms with Crippen LogP contribution < -0.4 is 0 Å². The first-order chi connectivity index (χ1) is 8.69. The Hall–Kier alpha value is -0.570. The van der Waals surface area contributed by atoms with Crippen LogP contribution in [0.15, 0.2) is 0 Å². The molecule has 0 spiro atoms. The quantitative estimate of drug-likeness (QED) is 0.567. The van der Waals surface area contributed by atoms with E-state index in [1.165, 1.54) is 12.8 Å². The lowest BCUT2D eigenvalue weighted by atomic mass is 10.2. The fourth-order valence-corrected chi connectivity index (χ4v) is 2.28. The largest absolute Gasteiger partial charge is 0.343 e. The third-order valence-corrected chi connectivity index (χ3v) is 3.06. The van der Waals surface area contributed by atoms with Gasteiger partial charge >= 0.3 is 0 Å². The highest BCUT2D eigenvalue weighted by Gasteiger charge is 2.13. The van der Waals surface area contributed by atoms with Gasteiger partial charge in [0.15, 0.2) is 0 Å². The van der Waals surface area contributed by atoms with Crippen molar-refractivity contribution in [1.29, 1.82) is 0 Å². The van der Waals surface area contributed by atoms with Crippen LogP contribution >= 0.6 is 0 Å². The Morgan fingerprint density at radius 1 is 0.722 bits per heavy atom. The topological polar surface area (TPSA) is 23.6 Å². The van der Waals surface area contributed by atoms with E-state index >= 15 is 0 Å². The molecule has 0 fully saturated rings. The number of carbonyl (C=O) groups excluding carboxylic acids is 1. The Morgan fingerprint density at radius 2 is 1.17 bits per heavy atom. The molecule has 1 amide bonds. The minimum atomic E-state index is 0.330. The maximum absolute atomic E-state index is 12.1. The van der Waals surface area contributed by atoms with Gasteiger partial charge in [0.05, 0.1) is 0 Å². The van der Waals surface area contributed by atoms with E-state index < -0.39 is 0 Å². The maximum Gasteiger partial charge on any atom is 0.223 e. The molecule has 3 heteroatoms. The van der Waals surface area contributed by atoms with Crippen LogP contribution in [0, 0.1) is 0 Å². The lowest BCUT2D eigenvalue weighted by Crippen LogP contribution is -2.36. The van der Waals surface area contributed by atoms with Gasteiger partial charge in [0, 0.05) is 26.1 Å². The molecule has 0 aromatic heterocycles.